The Kier molecular flexibility index (Phi) is 6.42. The molecular weight excluding hydrogens is 260 g/mol. The third-order valence-corrected chi connectivity index (χ3v) is 3.24. The minimum atomic E-state index is -0.751. The van der Waals surface area contributed by atoms with Crippen molar-refractivity contribution in [2.75, 3.05) is 13.2 Å². The van der Waals surface area contributed by atoms with Gasteiger partial charge in [0, 0.05) is 6.92 Å². The number of rotatable bonds is 8. The molecule has 0 amide bonds. The van der Waals surface area contributed by atoms with Gasteiger partial charge in [-0.25, -0.2) is 0 Å². The molecule has 1 aliphatic carbocycles. The van der Waals surface area contributed by atoms with Gasteiger partial charge in [0.15, 0.2) is 0 Å². The van der Waals surface area contributed by atoms with Gasteiger partial charge < -0.3 is 9.47 Å². The molecule has 112 valence electrons. The molecule has 1 aliphatic rings. The number of hydrogen-bond acceptors (Lipinski definition) is 5. The van der Waals surface area contributed by atoms with Gasteiger partial charge in [-0.3, -0.25) is 14.4 Å². The number of esters is 2. The summed E-state index contributed by atoms with van der Waals surface area (Å²) in [5.74, 6) is -1.35. The average Bonchev–Trinajstić information content (AvgIpc) is 3.16. The van der Waals surface area contributed by atoms with Crippen molar-refractivity contribution in [3.63, 3.8) is 0 Å². The second-order valence-corrected chi connectivity index (χ2v) is 4.98. The molecule has 1 fully saturated rings. The number of ketones is 1. The molecule has 0 aliphatic heterocycles. The standard InChI is InChI=1S/C15H22O5/c1-4-19-15(18)14(10(2)16)9-13(12-5-6-12)7-8-20-11(3)17/h7,12,14H,4-6,8-9H2,1-3H3/b13-7+. The summed E-state index contributed by atoms with van der Waals surface area (Å²) in [7, 11) is 0. The molecule has 0 N–H and O–H groups in total. The average molecular weight is 282 g/mol. The van der Waals surface area contributed by atoms with E-state index in [4.69, 9.17) is 9.47 Å². The van der Waals surface area contributed by atoms with Crippen molar-refractivity contribution in [2.24, 2.45) is 11.8 Å². The van der Waals surface area contributed by atoms with Crippen LogP contribution in [0.4, 0.5) is 0 Å². The summed E-state index contributed by atoms with van der Waals surface area (Å²) in [5, 5.41) is 0. The number of hydrogen-bond donors (Lipinski definition) is 0. The first-order chi connectivity index (χ1) is 9.45. The lowest BCUT2D eigenvalue weighted by Gasteiger charge is -2.15. The van der Waals surface area contributed by atoms with Gasteiger partial charge in [0.05, 0.1) is 6.61 Å². The fraction of sp³-hybridized carbons (Fsp3) is 0.667. The number of allylic oxidation sites excluding steroid dienone is 1. The highest BCUT2D eigenvalue weighted by Gasteiger charge is 2.32. The number of ether oxygens (including phenoxy) is 2. The fourth-order valence-corrected chi connectivity index (χ4v) is 2.01. The topological polar surface area (TPSA) is 69.7 Å². The van der Waals surface area contributed by atoms with E-state index in [-0.39, 0.29) is 25.0 Å². The molecule has 20 heavy (non-hydrogen) atoms. The first-order valence-corrected chi connectivity index (χ1v) is 6.95. The van der Waals surface area contributed by atoms with Gasteiger partial charge >= 0.3 is 11.9 Å². The van der Waals surface area contributed by atoms with Gasteiger partial charge in [-0.2, -0.15) is 0 Å². The van der Waals surface area contributed by atoms with Crippen LogP contribution in [0.15, 0.2) is 11.6 Å². The van der Waals surface area contributed by atoms with Crippen molar-refractivity contribution in [3.05, 3.63) is 11.6 Å². The Morgan fingerprint density at radius 3 is 2.30 bits per heavy atom. The van der Waals surface area contributed by atoms with Crippen LogP contribution in [0.3, 0.4) is 0 Å². The Labute approximate surface area is 119 Å². The number of carbonyl (C=O) groups excluding carboxylic acids is 3. The van der Waals surface area contributed by atoms with Crippen molar-refractivity contribution in [1.29, 1.82) is 0 Å². The highest BCUT2D eigenvalue weighted by molar-refractivity contribution is 5.98. The van der Waals surface area contributed by atoms with Crippen LogP contribution in [0.25, 0.3) is 0 Å². The van der Waals surface area contributed by atoms with Crippen molar-refractivity contribution in [3.8, 4) is 0 Å². The molecule has 5 nitrogen and oxygen atoms in total. The minimum Gasteiger partial charge on any atom is -0.465 e. The van der Waals surface area contributed by atoms with E-state index in [0.717, 1.165) is 18.4 Å². The van der Waals surface area contributed by atoms with Crippen LogP contribution in [-0.4, -0.2) is 30.9 Å². The molecule has 0 bridgehead atoms. The van der Waals surface area contributed by atoms with Crippen LogP contribution in [-0.2, 0) is 23.9 Å². The molecule has 1 saturated carbocycles. The third kappa shape index (κ3) is 5.55. The van der Waals surface area contributed by atoms with Gasteiger partial charge in [-0.05, 0) is 45.1 Å². The Morgan fingerprint density at radius 2 is 1.85 bits per heavy atom. The van der Waals surface area contributed by atoms with Crippen LogP contribution in [0.2, 0.25) is 0 Å². The predicted octanol–water partition coefficient (Wildman–Crippen LogP) is 2.04. The van der Waals surface area contributed by atoms with E-state index in [2.05, 4.69) is 0 Å². The lowest BCUT2D eigenvalue weighted by molar-refractivity contribution is -0.151. The summed E-state index contributed by atoms with van der Waals surface area (Å²) in [4.78, 5) is 34.2. The summed E-state index contributed by atoms with van der Waals surface area (Å²) < 4.78 is 9.82. The zero-order valence-corrected chi connectivity index (χ0v) is 12.3. The van der Waals surface area contributed by atoms with Gasteiger partial charge in [0.2, 0.25) is 0 Å². The lowest BCUT2D eigenvalue weighted by Crippen LogP contribution is -2.25. The largest absolute Gasteiger partial charge is 0.465 e. The maximum Gasteiger partial charge on any atom is 0.316 e. The van der Waals surface area contributed by atoms with E-state index in [1.165, 1.54) is 13.8 Å². The SMILES string of the molecule is CCOC(=O)C(C/C(=C\COC(C)=O)C1CC1)C(C)=O. The molecule has 1 atom stereocenters. The smallest absolute Gasteiger partial charge is 0.316 e. The van der Waals surface area contributed by atoms with E-state index < -0.39 is 11.9 Å². The predicted molar refractivity (Wildman–Crippen MR) is 72.9 cm³/mol. The maximum atomic E-state index is 11.8. The third-order valence-electron chi connectivity index (χ3n) is 3.24. The zero-order valence-electron chi connectivity index (χ0n) is 12.3. The second-order valence-electron chi connectivity index (χ2n) is 4.98. The molecule has 0 saturated heterocycles. The highest BCUT2D eigenvalue weighted by Crippen LogP contribution is 2.39. The molecule has 5 heteroatoms. The highest BCUT2D eigenvalue weighted by atomic mass is 16.5. The summed E-state index contributed by atoms with van der Waals surface area (Å²) in [6.07, 6.45) is 4.28. The molecule has 0 aromatic rings. The quantitative estimate of drug-likeness (QED) is 0.387. The van der Waals surface area contributed by atoms with E-state index in [9.17, 15) is 14.4 Å². The minimum absolute atomic E-state index is 0.189. The summed E-state index contributed by atoms with van der Waals surface area (Å²) in [6.45, 7) is 4.92. The Bertz CT molecular complexity index is 406. The van der Waals surface area contributed by atoms with E-state index in [0.29, 0.717) is 12.3 Å². The number of Topliss-reactive ketones (excluding diaryl/α,β-unsaturated/α-hetero) is 1. The summed E-state index contributed by atoms with van der Waals surface area (Å²) >= 11 is 0. The van der Waals surface area contributed by atoms with Crippen LogP contribution < -0.4 is 0 Å². The molecule has 0 aromatic heterocycles. The Hall–Kier alpha value is -1.65. The maximum absolute atomic E-state index is 11.8. The molecule has 1 rings (SSSR count). The van der Waals surface area contributed by atoms with Crippen LogP contribution in [0.1, 0.15) is 40.0 Å². The zero-order chi connectivity index (χ0) is 15.1. The Morgan fingerprint density at radius 1 is 1.20 bits per heavy atom. The first-order valence-electron chi connectivity index (χ1n) is 6.95. The van der Waals surface area contributed by atoms with Crippen LogP contribution in [0.5, 0.6) is 0 Å². The van der Waals surface area contributed by atoms with Gasteiger partial charge in [-0.15, -0.1) is 0 Å². The Balaban J connectivity index is 2.68. The lowest BCUT2D eigenvalue weighted by atomic mass is 9.93. The van der Waals surface area contributed by atoms with Gasteiger partial charge in [-0.1, -0.05) is 5.57 Å². The first kappa shape index (κ1) is 16.4. The van der Waals surface area contributed by atoms with Crippen molar-refractivity contribution >= 4 is 17.7 Å². The molecule has 0 heterocycles. The van der Waals surface area contributed by atoms with Crippen molar-refractivity contribution in [2.45, 2.75) is 40.0 Å². The second kappa shape index (κ2) is 7.82. The molecule has 0 spiro atoms. The van der Waals surface area contributed by atoms with Crippen molar-refractivity contribution < 1.29 is 23.9 Å². The fourth-order valence-electron chi connectivity index (χ4n) is 2.01. The number of carbonyl (C=O) groups is 3. The molecule has 0 aromatic carbocycles. The molecular formula is C15H22O5. The summed E-state index contributed by atoms with van der Waals surface area (Å²) in [5.41, 5.74) is 1.01. The van der Waals surface area contributed by atoms with Crippen molar-refractivity contribution in [1.82, 2.24) is 0 Å². The normalized spacial score (nSPS) is 16.4. The van der Waals surface area contributed by atoms with Gasteiger partial charge in [0.25, 0.3) is 0 Å². The van der Waals surface area contributed by atoms with Crippen LogP contribution in [0, 0.1) is 11.8 Å². The summed E-state index contributed by atoms with van der Waals surface area (Å²) in [6, 6.07) is 0. The van der Waals surface area contributed by atoms with E-state index in [1.807, 2.05) is 6.08 Å². The van der Waals surface area contributed by atoms with E-state index in [1.54, 1.807) is 6.92 Å². The van der Waals surface area contributed by atoms with Gasteiger partial charge in [0.1, 0.15) is 18.3 Å². The monoisotopic (exact) mass is 282 g/mol. The molecule has 0 radical (unpaired) electrons. The molecule has 1 unspecified atom stereocenters. The van der Waals surface area contributed by atoms with E-state index >= 15 is 0 Å². The van der Waals surface area contributed by atoms with Crippen LogP contribution >= 0.6 is 0 Å².